The molecule has 1 unspecified atom stereocenters. The van der Waals surface area contributed by atoms with Crippen LogP contribution in [0.15, 0.2) is 55.1 Å². The lowest BCUT2D eigenvalue weighted by Crippen LogP contribution is -2.55. The molecule has 9 heteroatoms. The average molecular weight is 420 g/mol. The molecule has 2 saturated heterocycles. The fourth-order valence-electron chi connectivity index (χ4n) is 4.30. The molecule has 160 valence electrons. The number of carbonyl (C=O) groups excluding carboxylic acids is 1. The fourth-order valence-corrected chi connectivity index (χ4v) is 4.30. The van der Waals surface area contributed by atoms with Crippen LogP contribution in [0, 0.1) is 0 Å². The molecule has 0 N–H and O–H groups in total. The molecular formula is C22H24N6O3. The number of rotatable bonds is 4. The van der Waals surface area contributed by atoms with Gasteiger partial charge in [0.15, 0.2) is 0 Å². The van der Waals surface area contributed by atoms with Crippen LogP contribution in [0.4, 0.5) is 5.95 Å². The van der Waals surface area contributed by atoms with Crippen LogP contribution in [0.1, 0.15) is 16.8 Å². The van der Waals surface area contributed by atoms with E-state index in [1.54, 1.807) is 42.6 Å². The molecule has 2 aliphatic rings. The Labute approximate surface area is 180 Å². The van der Waals surface area contributed by atoms with Crippen molar-refractivity contribution in [2.24, 2.45) is 0 Å². The zero-order chi connectivity index (χ0) is 21.3. The monoisotopic (exact) mass is 420 g/mol. The summed E-state index contributed by atoms with van der Waals surface area (Å²) in [5.74, 6) is 1.35. The molecule has 1 amide bonds. The predicted octanol–water partition coefficient (Wildman–Crippen LogP) is 1.79. The first-order valence-corrected chi connectivity index (χ1v) is 10.3. The van der Waals surface area contributed by atoms with E-state index in [0.29, 0.717) is 43.5 Å². The van der Waals surface area contributed by atoms with E-state index in [4.69, 9.17) is 9.47 Å². The van der Waals surface area contributed by atoms with Crippen molar-refractivity contribution in [1.29, 1.82) is 0 Å². The fraction of sp³-hybridized carbons (Fsp3) is 0.364. The summed E-state index contributed by atoms with van der Waals surface area (Å²) in [5.41, 5.74) is 0.937. The number of carbonyl (C=O) groups is 1. The van der Waals surface area contributed by atoms with Crippen molar-refractivity contribution in [2.75, 3.05) is 44.8 Å². The Morgan fingerprint density at radius 3 is 2.81 bits per heavy atom. The maximum absolute atomic E-state index is 13.2. The summed E-state index contributed by atoms with van der Waals surface area (Å²) >= 11 is 0. The van der Waals surface area contributed by atoms with Gasteiger partial charge in [-0.2, -0.15) is 5.10 Å². The van der Waals surface area contributed by atoms with Crippen molar-refractivity contribution in [1.82, 2.24) is 24.6 Å². The highest BCUT2D eigenvalue weighted by molar-refractivity contribution is 5.94. The predicted molar refractivity (Wildman–Crippen MR) is 114 cm³/mol. The molecule has 3 aromatic rings. The molecule has 0 bridgehead atoms. The van der Waals surface area contributed by atoms with E-state index in [-0.39, 0.29) is 5.91 Å². The molecule has 0 aliphatic carbocycles. The van der Waals surface area contributed by atoms with Crippen LogP contribution in [0.25, 0.3) is 5.69 Å². The molecule has 2 fully saturated rings. The number of aromatic nitrogens is 4. The van der Waals surface area contributed by atoms with Gasteiger partial charge in [0.2, 0.25) is 5.95 Å². The average Bonchev–Trinajstić information content (AvgIpc) is 3.47. The molecule has 1 spiro atoms. The largest absolute Gasteiger partial charge is 0.494 e. The van der Waals surface area contributed by atoms with Crippen molar-refractivity contribution in [2.45, 2.75) is 12.0 Å². The number of methoxy groups -OCH3 is 1. The highest BCUT2D eigenvalue weighted by Gasteiger charge is 2.44. The Morgan fingerprint density at radius 2 is 1.97 bits per heavy atom. The second kappa shape index (κ2) is 7.99. The van der Waals surface area contributed by atoms with Crippen LogP contribution in [0.3, 0.4) is 0 Å². The van der Waals surface area contributed by atoms with Crippen LogP contribution >= 0.6 is 0 Å². The van der Waals surface area contributed by atoms with Crippen molar-refractivity contribution >= 4 is 11.9 Å². The van der Waals surface area contributed by atoms with E-state index in [2.05, 4.69) is 20.0 Å². The van der Waals surface area contributed by atoms with Crippen LogP contribution in [-0.2, 0) is 4.74 Å². The number of anilines is 1. The smallest absolute Gasteiger partial charge is 0.257 e. The summed E-state index contributed by atoms with van der Waals surface area (Å²) in [6, 6.07) is 9.39. The van der Waals surface area contributed by atoms with Crippen LogP contribution in [-0.4, -0.2) is 76.1 Å². The van der Waals surface area contributed by atoms with Gasteiger partial charge in [-0.3, -0.25) is 4.79 Å². The minimum atomic E-state index is -0.397. The summed E-state index contributed by atoms with van der Waals surface area (Å²) < 4.78 is 13.3. The third-order valence-electron chi connectivity index (χ3n) is 5.85. The molecule has 1 aromatic carbocycles. The third kappa shape index (κ3) is 3.72. The quantitative estimate of drug-likeness (QED) is 0.636. The first-order valence-electron chi connectivity index (χ1n) is 10.3. The van der Waals surface area contributed by atoms with Gasteiger partial charge in [0, 0.05) is 31.7 Å². The van der Waals surface area contributed by atoms with E-state index in [1.165, 1.54) is 0 Å². The molecule has 5 rings (SSSR count). The van der Waals surface area contributed by atoms with Crippen molar-refractivity contribution < 1.29 is 14.3 Å². The SMILES string of the molecule is COc1ccccc1-n1cc(C(=O)N2CCOC3(CCN(c4ncccn4)C3)C2)cn1. The topological polar surface area (TPSA) is 85.6 Å². The number of amides is 1. The van der Waals surface area contributed by atoms with Crippen molar-refractivity contribution in [3.8, 4) is 11.4 Å². The number of morpholine rings is 1. The van der Waals surface area contributed by atoms with Crippen LogP contribution in [0.5, 0.6) is 5.75 Å². The first-order chi connectivity index (χ1) is 15.2. The van der Waals surface area contributed by atoms with E-state index in [1.807, 2.05) is 29.2 Å². The Hall–Kier alpha value is -3.46. The Balaban J connectivity index is 1.31. The van der Waals surface area contributed by atoms with Crippen molar-refractivity contribution in [3.05, 3.63) is 60.7 Å². The first kappa shape index (κ1) is 19.5. The molecule has 1 atom stereocenters. The highest BCUT2D eigenvalue weighted by atomic mass is 16.5. The standard InChI is InChI=1S/C22H24N6O3/c1-30-19-6-3-2-5-18(19)28-14-17(13-25-28)20(29)26-11-12-31-22(15-26)7-10-27(16-22)21-23-8-4-9-24-21/h2-6,8-9,13-14H,7,10-12,15-16H2,1H3. The van der Waals surface area contributed by atoms with Gasteiger partial charge in [-0.25, -0.2) is 14.6 Å². The number of hydrogen-bond acceptors (Lipinski definition) is 7. The second-order valence-electron chi connectivity index (χ2n) is 7.82. The number of hydrogen-bond donors (Lipinski definition) is 0. The Bertz CT molecular complexity index is 1070. The maximum Gasteiger partial charge on any atom is 0.257 e. The van der Waals surface area contributed by atoms with E-state index in [0.717, 1.165) is 18.7 Å². The lowest BCUT2D eigenvalue weighted by molar-refractivity contribution is -0.0856. The lowest BCUT2D eigenvalue weighted by Gasteiger charge is -2.40. The summed E-state index contributed by atoms with van der Waals surface area (Å²) in [4.78, 5) is 25.9. The van der Waals surface area contributed by atoms with Gasteiger partial charge < -0.3 is 19.3 Å². The van der Waals surface area contributed by atoms with Gasteiger partial charge in [0.25, 0.3) is 5.91 Å². The molecule has 9 nitrogen and oxygen atoms in total. The molecule has 4 heterocycles. The summed E-state index contributed by atoms with van der Waals surface area (Å²) in [6.45, 7) is 3.08. The van der Waals surface area contributed by atoms with Gasteiger partial charge in [-0.1, -0.05) is 12.1 Å². The van der Waals surface area contributed by atoms with Gasteiger partial charge >= 0.3 is 0 Å². The highest BCUT2D eigenvalue weighted by Crippen LogP contribution is 2.31. The zero-order valence-electron chi connectivity index (χ0n) is 17.3. The van der Waals surface area contributed by atoms with Gasteiger partial charge in [-0.05, 0) is 24.6 Å². The second-order valence-corrected chi connectivity index (χ2v) is 7.82. The molecule has 31 heavy (non-hydrogen) atoms. The third-order valence-corrected chi connectivity index (χ3v) is 5.85. The van der Waals surface area contributed by atoms with Crippen molar-refractivity contribution in [3.63, 3.8) is 0 Å². The molecule has 2 aromatic heterocycles. The number of ether oxygens (including phenoxy) is 2. The summed E-state index contributed by atoms with van der Waals surface area (Å²) in [6.07, 6.45) is 7.67. The Morgan fingerprint density at radius 1 is 1.13 bits per heavy atom. The van der Waals surface area contributed by atoms with Crippen LogP contribution in [0.2, 0.25) is 0 Å². The summed E-state index contributed by atoms with van der Waals surface area (Å²) in [5, 5.41) is 4.38. The molecule has 0 saturated carbocycles. The van der Waals surface area contributed by atoms with Gasteiger partial charge in [-0.15, -0.1) is 0 Å². The number of benzene rings is 1. The normalized spacial score (nSPS) is 20.9. The van der Waals surface area contributed by atoms with E-state index < -0.39 is 5.60 Å². The molecular weight excluding hydrogens is 396 g/mol. The Kier molecular flexibility index (Phi) is 5.03. The van der Waals surface area contributed by atoms with E-state index >= 15 is 0 Å². The number of para-hydroxylation sites is 2. The minimum Gasteiger partial charge on any atom is -0.494 e. The molecule has 2 aliphatic heterocycles. The maximum atomic E-state index is 13.2. The summed E-state index contributed by atoms with van der Waals surface area (Å²) in [7, 11) is 1.62. The molecule has 0 radical (unpaired) electrons. The van der Waals surface area contributed by atoms with Gasteiger partial charge in [0.05, 0.1) is 38.6 Å². The minimum absolute atomic E-state index is 0.0433. The zero-order valence-corrected chi connectivity index (χ0v) is 17.3. The number of nitrogens with zero attached hydrogens (tertiary/aromatic N) is 6. The van der Waals surface area contributed by atoms with E-state index in [9.17, 15) is 4.79 Å². The van der Waals surface area contributed by atoms with Gasteiger partial charge in [0.1, 0.15) is 17.0 Å². The van der Waals surface area contributed by atoms with Crippen LogP contribution < -0.4 is 9.64 Å². The lowest BCUT2D eigenvalue weighted by atomic mass is 10.00.